The number of amides is 1. The molecule has 0 bridgehead atoms. The number of hydrogen-bond acceptors (Lipinski definition) is 8. The topological polar surface area (TPSA) is 117 Å². The largest absolute Gasteiger partial charge is 0.467 e. The lowest BCUT2D eigenvalue weighted by molar-refractivity contribution is -0.385. The molecule has 0 saturated heterocycles. The molecule has 0 spiro atoms. The Morgan fingerprint density at radius 1 is 1.38 bits per heavy atom. The number of hydrogen-bond donors (Lipinski definition) is 1. The second-order valence-electron chi connectivity index (χ2n) is 5.28. The Balaban J connectivity index is 1.61. The lowest BCUT2D eigenvalue weighted by Crippen LogP contribution is -2.30. The Kier molecular flexibility index (Phi) is 5.44. The third kappa shape index (κ3) is 4.16. The maximum atomic E-state index is 11.8. The molecule has 1 aromatic heterocycles. The number of nitrogens with zero attached hydrogens (tertiary/aromatic N) is 1. The van der Waals surface area contributed by atoms with Crippen molar-refractivity contribution in [3.8, 4) is 5.75 Å². The van der Waals surface area contributed by atoms with Gasteiger partial charge in [0, 0.05) is 23.3 Å². The fraction of sp³-hybridized carbons (Fsp3) is 0.250. The van der Waals surface area contributed by atoms with Crippen molar-refractivity contribution in [1.82, 2.24) is 5.32 Å². The fourth-order valence-corrected chi connectivity index (χ4v) is 2.99. The summed E-state index contributed by atoms with van der Waals surface area (Å²) in [5, 5.41) is 15.2. The average molecular weight is 378 g/mol. The summed E-state index contributed by atoms with van der Waals surface area (Å²) in [5.41, 5.74) is 0.743. The van der Waals surface area contributed by atoms with Crippen LogP contribution in [0.15, 0.2) is 29.6 Å². The molecule has 0 unspecified atom stereocenters. The number of non-ortho nitro benzene ring substituents is 1. The number of nitrogens with one attached hydrogen (secondary N) is 1. The minimum Gasteiger partial charge on any atom is -0.467 e. The summed E-state index contributed by atoms with van der Waals surface area (Å²) in [6.45, 7) is -0.326. The quantitative estimate of drug-likeness (QED) is 0.464. The van der Waals surface area contributed by atoms with Crippen molar-refractivity contribution in [2.75, 3.05) is 13.3 Å². The highest BCUT2D eigenvalue weighted by Crippen LogP contribution is 2.33. The normalized spacial score (nSPS) is 12.6. The van der Waals surface area contributed by atoms with Crippen LogP contribution in [0.5, 0.6) is 5.75 Å². The van der Waals surface area contributed by atoms with E-state index in [9.17, 15) is 19.7 Å². The molecule has 2 heterocycles. The second kappa shape index (κ2) is 7.93. The van der Waals surface area contributed by atoms with Crippen molar-refractivity contribution in [3.05, 3.63) is 55.8 Å². The predicted molar refractivity (Wildman–Crippen MR) is 89.8 cm³/mol. The lowest BCUT2D eigenvalue weighted by atomic mass is 10.1. The van der Waals surface area contributed by atoms with Gasteiger partial charge in [-0.3, -0.25) is 19.7 Å². The highest BCUT2D eigenvalue weighted by molar-refractivity contribution is 7.12. The molecule has 0 aliphatic carbocycles. The minimum absolute atomic E-state index is 0.0165. The van der Waals surface area contributed by atoms with E-state index in [1.54, 1.807) is 17.5 Å². The zero-order valence-corrected chi connectivity index (χ0v) is 14.2. The zero-order chi connectivity index (χ0) is 18.5. The maximum absolute atomic E-state index is 11.8. The van der Waals surface area contributed by atoms with E-state index in [1.165, 1.54) is 23.5 Å². The van der Waals surface area contributed by atoms with Gasteiger partial charge in [-0.05, 0) is 11.4 Å². The number of fused-ring (bicyclic) bond motifs is 1. The number of benzene rings is 1. The number of nitro benzene ring substituents is 1. The summed E-state index contributed by atoms with van der Waals surface area (Å²) in [5.74, 6) is -0.621. The molecule has 1 aliphatic rings. The molecule has 10 heteroatoms. The number of carbonyl (C=O) groups excluding carboxylic acids is 2. The summed E-state index contributed by atoms with van der Waals surface area (Å²) < 4.78 is 15.6. The molecule has 1 amide bonds. The van der Waals surface area contributed by atoms with Crippen molar-refractivity contribution in [2.45, 2.75) is 13.2 Å². The smallest absolute Gasteiger partial charge is 0.325 e. The van der Waals surface area contributed by atoms with Crippen LogP contribution in [-0.2, 0) is 27.5 Å². The van der Waals surface area contributed by atoms with Crippen molar-refractivity contribution in [2.24, 2.45) is 0 Å². The first kappa shape index (κ1) is 17.8. The van der Waals surface area contributed by atoms with Crippen LogP contribution in [0.4, 0.5) is 5.69 Å². The van der Waals surface area contributed by atoms with E-state index in [1.807, 2.05) is 0 Å². The van der Waals surface area contributed by atoms with Gasteiger partial charge in [-0.25, -0.2) is 0 Å². The number of ether oxygens (including phenoxy) is 3. The van der Waals surface area contributed by atoms with Crippen molar-refractivity contribution >= 4 is 28.9 Å². The molecular weight excluding hydrogens is 364 g/mol. The van der Waals surface area contributed by atoms with Gasteiger partial charge in [-0.2, -0.15) is 0 Å². The fourth-order valence-electron chi connectivity index (χ4n) is 2.35. The maximum Gasteiger partial charge on any atom is 0.325 e. The Bertz CT molecular complexity index is 835. The van der Waals surface area contributed by atoms with Gasteiger partial charge in [0.05, 0.1) is 16.4 Å². The third-order valence-corrected chi connectivity index (χ3v) is 4.38. The predicted octanol–water partition coefficient (Wildman–Crippen LogP) is 2.00. The van der Waals surface area contributed by atoms with Crippen molar-refractivity contribution in [3.63, 3.8) is 0 Å². The van der Waals surface area contributed by atoms with Gasteiger partial charge in [-0.15, -0.1) is 11.3 Å². The molecule has 2 aromatic rings. The molecule has 9 nitrogen and oxygen atoms in total. The Morgan fingerprint density at radius 3 is 2.96 bits per heavy atom. The first-order valence-corrected chi connectivity index (χ1v) is 8.40. The number of thiophene rings is 1. The lowest BCUT2D eigenvalue weighted by Gasteiger charge is -2.20. The van der Waals surface area contributed by atoms with E-state index in [0.717, 1.165) is 0 Å². The van der Waals surface area contributed by atoms with Crippen LogP contribution in [0.25, 0.3) is 0 Å². The van der Waals surface area contributed by atoms with E-state index in [-0.39, 0.29) is 38.1 Å². The first-order chi connectivity index (χ1) is 12.5. The number of rotatable bonds is 6. The van der Waals surface area contributed by atoms with E-state index in [4.69, 9.17) is 14.2 Å². The molecule has 0 radical (unpaired) electrons. The van der Waals surface area contributed by atoms with E-state index >= 15 is 0 Å². The molecule has 136 valence electrons. The van der Waals surface area contributed by atoms with Crippen LogP contribution < -0.4 is 10.1 Å². The monoisotopic (exact) mass is 378 g/mol. The van der Waals surface area contributed by atoms with Crippen molar-refractivity contribution < 1.29 is 28.7 Å². The summed E-state index contributed by atoms with van der Waals surface area (Å²) in [4.78, 5) is 34.6. The SMILES string of the molecule is O=C(CNC(=O)c1cccs1)OCc1cc([N+](=O)[O-])cc2c1OCOC2. The second-order valence-corrected chi connectivity index (χ2v) is 6.23. The van der Waals surface area contributed by atoms with Gasteiger partial charge < -0.3 is 19.5 Å². The van der Waals surface area contributed by atoms with E-state index in [0.29, 0.717) is 21.8 Å². The molecule has 3 rings (SSSR count). The van der Waals surface area contributed by atoms with Gasteiger partial charge >= 0.3 is 5.97 Å². The molecule has 0 fully saturated rings. The molecule has 26 heavy (non-hydrogen) atoms. The average Bonchev–Trinajstić information content (AvgIpc) is 3.18. The molecule has 1 N–H and O–H groups in total. The van der Waals surface area contributed by atoms with E-state index < -0.39 is 10.9 Å². The molecule has 0 saturated carbocycles. The number of esters is 1. The van der Waals surface area contributed by atoms with Gasteiger partial charge in [0.1, 0.15) is 18.9 Å². The molecule has 1 aromatic carbocycles. The number of nitro groups is 1. The first-order valence-electron chi connectivity index (χ1n) is 7.52. The van der Waals surface area contributed by atoms with Crippen LogP contribution in [-0.4, -0.2) is 30.1 Å². The minimum atomic E-state index is -0.665. The van der Waals surface area contributed by atoms with Crippen LogP contribution >= 0.6 is 11.3 Å². The van der Waals surface area contributed by atoms with Crippen LogP contribution in [0.3, 0.4) is 0 Å². The Labute approximate surface area is 151 Å². The summed E-state index contributed by atoms with van der Waals surface area (Å²) in [7, 11) is 0. The molecule has 1 aliphatic heterocycles. The Hall–Kier alpha value is -2.98. The van der Waals surface area contributed by atoms with Gasteiger partial charge in [0.25, 0.3) is 11.6 Å². The van der Waals surface area contributed by atoms with Gasteiger partial charge in [0.15, 0.2) is 6.79 Å². The molecular formula is C16H14N2O7S. The summed E-state index contributed by atoms with van der Waals surface area (Å²) in [6.07, 6.45) is 0. The van der Waals surface area contributed by atoms with Crippen LogP contribution in [0.1, 0.15) is 20.8 Å². The Morgan fingerprint density at radius 2 is 2.23 bits per heavy atom. The van der Waals surface area contributed by atoms with Gasteiger partial charge in [-0.1, -0.05) is 6.07 Å². The van der Waals surface area contributed by atoms with Crippen LogP contribution in [0, 0.1) is 10.1 Å². The summed E-state index contributed by atoms with van der Waals surface area (Å²) in [6, 6.07) is 6.02. The molecule has 0 atom stereocenters. The van der Waals surface area contributed by atoms with E-state index in [2.05, 4.69) is 5.32 Å². The van der Waals surface area contributed by atoms with Crippen LogP contribution in [0.2, 0.25) is 0 Å². The van der Waals surface area contributed by atoms with Crippen molar-refractivity contribution in [1.29, 1.82) is 0 Å². The standard InChI is InChI=1S/C16H14N2O7S/c19-14(6-17-16(20)13-2-1-3-26-13)24-8-11-5-12(18(21)22)4-10-7-23-9-25-15(10)11/h1-5H,6-9H2,(H,17,20). The third-order valence-electron chi connectivity index (χ3n) is 3.51. The summed E-state index contributed by atoms with van der Waals surface area (Å²) >= 11 is 1.26. The highest BCUT2D eigenvalue weighted by Gasteiger charge is 2.22. The highest BCUT2D eigenvalue weighted by atomic mass is 32.1. The number of carbonyl (C=O) groups is 2. The zero-order valence-electron chi connectivity index (χ0n) is 13.4. The van der Waals surface area contributed by atoms with Gasteiger partial charge in [0.2, 0.25) is 0 Å².